The van der Waals surface area contributed by atoms with Gasteiger partial charge in [-0.25, -0.2) is 0 Å². The number of nitrogens with zero attached hydrogens (tertiary/aromatic N) is 3. The summed E-state index contributed by atoms with van der Waals surface area (Å²) in [5.41, 5.74) is 7.45. The molecule has 1 aromatic carbocycles. The van der Waals surface area contributed by atoms with E-state index < -0.39 is 0 Å². The van der Waals surface area contributed by atoms with Crippen molar-refractivity contribution in [2.45, 2.75) is 6.54 Å². The van der Waals surface area contributed by atoms with Crippen molar-refractivity contribution in [2.75, 3.05) is 7.05 Å². The minimum absolute atomic E-state index is 0.0282. The standard InChI is InChI=1S/C15H16N4O2/c1-19(10-11-4-3-7-17-9-11)15(20)13-6-2-5-12(8-13)14(16)18-21/h2-9,21H,10H2,1H3,(H2,16,18). The van der Waals surface area contributed by atoms with Gasteiger partial charge in [0.2, 0.25) is 0 Å². The smallest absolute Gasteiger partial charge is 0.253 e. The van der Waals surface area contributed by atoms with E-state index in [-0.39, 0.29) is 11.7 Å². The second-order valence-electron chi connectivity index (χ2n) is 4.59. The summed E-state index contributed by atoms with van der Waals surface area (Å²) in [6.45, 7) is 0.459. The minimum atomic E-state index is -0.147. The number of rotatable bonds is 4. The van der Waals surface area contributed by atoms with Gasteiger partial charge < -0.3 is 15.8 Å². The number of carbonyl (C=O) groups is 1. The summed E-state index contributed by atoms with van der Waals surface area (Å²) in [4.78, 5) is 18.0. The van der Waals surface area contributed by atoms with Crippen LogP contribution in [-0.4, -0.2) is 33.9 Å². The average molecular weight is 284 g/mol. The Morgan fingerprint density at radius 3 is 2.76 bits per heavy atom. The van der Waals surface area contributed by atoms with Crippen LogP contribution in [0.25, 0.3) is 0 Å². The van der Waals surface area contributed by atoms with Crippen LogP contribution in [0.1, 0.15) is 21.5 Å². The van der Waals surface area contributed by atoms with Crippen LogP contribution in [0, 0.1) is 0 Å². The predicted molar refractivity (Wildman–Crippen MR) is 79.0 cm³/mol. The van der Waals surface area contributed by atoms with Gasteiger partial charge in [0.15, 0.2) is 5.84 Å². The summed E-state index contributed by atoms with van der Waals surface area (Å²) in [5.74, 6) is -0.175. The van der Waals surface area contributed by atoms with Crippen molar-refractivity contribution in [3.63, 3.8) is 0 Å². The van der Waals surface area contributed by atoms with E-state index in [2.05, 4.69) is 10.1 Å². The van der Waals surface area contributed by atoms with E-state index in [0.29, 0.717) is 17.7 Å². The van der Waals surface area contributed by atoms with Gasteiger partial charge in [-0.2, -0.15) is 0 Å². The molecule has 1 amide bonds. The molecule has 1 aromatic heterocycles. The van der Waals surface area contributed by atoms with Crippen molar-refractivity contribution in [3.8, 4) is 0 Å². The summed E-state index contributed by atoms with van der Waals surface area (Å²) in [6.07, 6.45) is 3.41. The van der Waals surface area contributed by atoms with Crippen molar-refractivity contribution in [2.24, 2.45) is 10.9 Å². The molecule has 0 radical (unpaired) electrons. The zero-order chi connectivity index (χ0) is 15.2. The number of amidine groups is 1. The maximum atomic E-state index is 12.4. The lowest BCUT2D eigenvalue weighted by molar-refractivity contribution is 0.0785. The summed E-state index contributed by atoms with van der Waals surface area (Å²) in [5, 5.41) is 11.6. The lowest BCUT2D eigenvalue weighted by Gasteiger charge is -2.17. The third kappa shape index (κ3) is 3.56. The maximum absolute atomic E-state index is 12.4. The number of aromatic nitrogens is 1. The maximum Gasteiger partial charge on any atom is 0.253 e. The van der Waals surface area contributed by atoms with E-state index >= 15 is 0 Å². The first-order valence-corrected chi connectivity index (χ1v) is 6.34. The lowest BCUT2D eigenvalue weighted by Crippen LogP contribution is -2.26. The number of nitrogens with two attached hydrogens (primary N) is 1. The van der Waals surface area contributed by atoms with Crippen LogP contribution in [-0.2, 0) is 6.54 Å². The predicted octanol–water partition coefficient (Wildman–Crippen LogP) is 1.45. The molecule has 0 aliphatic carbocycles. The van der Waals surface area contributed by atoms with Crippen LogP contribution < -0.4 is 5.73 Å². The molecule has 2 rings (SSSR count). The molecule has 0 saturated carbocycles. The number of hydrogen-bond donors (Lipinski definition) is 2. The van der Waals surface area contributed by atoms with Crippen LogP contribution in [0.5, 0.6) is 0 Å². The Labute approximate surface area is 122 Å². The molecular formula is C15H16N4O2. The third-order valence-corrected chi connectivity index (χ3v) is 3.00. The summed E-state index contributed by atoms with van der Waals surface area (Å²) < 4.78 is 0. The zero-order valence-electron chi connectivity index (χ0n) is 11.6. The number of amides is 1. The molecular weight excluding hydrogens is 268 g/mol. The first-order valence-electron chi connectivity index (χ1n) is 6.34. The van der Waals surface area contributed by atoms with Crippen molar-refractivity contribution in [1.82, 2.24) is 9.88 Å². The molecule has 0 aliphatic heterocycles. The molecule has 1 heterocycles. The van der Waals surface area contributed by atoms with E-state index in [1.807, 2.05) is 12.1 Å². The van der Waals surface area contributed by atoms with Crippen LogP contribution in [0.15, 0.2) is 53.9 Å². The Morgan fingerprint density at radius 2 is 2.10 bits per heavy atom. The van der Waals surface area contributed by atoms with E-state index in [9.17, 15) is 4.79 Å². The molecule has 0 saturated heterocycles. The Bertz CT molecular complexity index is 656. The van der Waals surface area contributed by atoms with Crippen LogP contribution >= 0.6 is 0 Å². The molecule has 3 N–H and O–H groups in total. The quantitative estimate of drug-likeness (QED) is 0.385. The Kier molecular flexibility index (Phi) is 4.50. The van der Waals surface area contributed by atoms with Gasteiger partial charge in [0.25, 0.3) is 5.91 Å². The number of oxime groups is 1. The molecule has 108 valence electrons. The van der Waals surface area contributed by atoms with Crippen molar-refractivity contribution in [1.29, 1.82) is 0 Å². The lowest BCUT2D eigenvalue weighted by atomic mass is 10.1. The topological polar surface area (TPSA) is 91.8 Å². The van der Waals surface area contributed by atoms with Gasteiger partial charge in [-0.05, 0) is 23.8 Å². The Morgan fingerprint density at radius 1 is 1.33 bits per heavy atom. The Hall–Kier alpha value is -2.89. The first kappa shape index (κ1) is 14.5. The molecule has 0 unspecified atom stereocenters. The fourth-order valence-electron chi connectivity index (χ4n) is 1.93. The molecule has 2 aromatic rings. The molecule has 6 nitrogen and oxygen atoms in total. The highest BCUT2D eigenvalue weighted by molar-refractivity contribution is 6.01. The normalized spacial score (nSPS) is 11.2. The largest absolute Gasteiger partial charge is 0.409 e. The van der Waals surface area contributed by atoms with Crippen molar-refractivity contribution < 1.29 is 10.0 Å². The van der Waals surface area contributed by atoms with E-state index in [4.69, 9.17) is 10.9 Å². The van der Waals surface area contributed by atoms with Crippen LogP contribution in [0.4, 0.5) is 0 Å². The second kappa shape index (κ2) is 6.51. The van der Waals surface area contributed by atoms with Gasteiger partial charge in [0.1, 0.15) is 0 Å². The van der Waals surface area contributed by atoms with Crippen molar-refractivity contribution in [3.05, 3.63) is 65.5 Å². The minimum Gasteiger partial charge on any atom is -0.409 e. The van der Waals surface area contributed by atoms with Gasteiger partial charge in [-0.3, -0.25) is 9.78 Å². The molecule has 0 bridgehead atoms. The summed E-state index contributed by atoms with van der Waals surface area (Å²) >= 11 is 0. The van der Waals surface area contributed by atoms with Gasteiger partial charge in [-0.1, -0.05) is 23.4 Å². The second-order valence-corrected chi connectivity index (χ2v) is 4.59. The molecule has 0 aliphatic rings. The fraction of sp³-hybridized carbons (Fsp3) is 0.133. The van der Waals surface area contributed by atoms with Crippen LogP contribution in [0.3, 0.4) is 0 Å². The van der Waals surface area contributed by atoms with Gasteiger partial charge in [-0.15, -0.1) is 0 Å². The van der Waals surface area contributed by atoms with E-state index in [1.54, 1.807) is 48.6 Å². The Balaban J connectivity index is 2.16. The highest BCUT2D eigenvalue weighted by Crippen LogP contribution is 2.10. The monoisotopic (exact) mass is 284 g/mol. The highest BCUT2D eigenvalue weighted by atomic mass is 16.4. The molecule has 0 spiro atoms. The first-order chi connectivity index (χ1) is 10.1. The molecule has 0 atom stereocenters. The average Bonchev–Trinajstić information content (AvgIpc) is 2.54. The molecule has 6 heteroatoms. The molecule has 0 fully saturated rings. The van der Waals surface area contributed by atoms with E-state index in [0.717, 1.165) is 5.56 Å². The van der Waals surface area contributed by atoms with Gasteiger partial charge in [0.05, 0.1) is 0 Å². The number of hydrogen-bond acceptors (Lipinski definition) is 4. The van der Waals surface area contributed by atoms with E-state index in [1.165, 1.54) is 0 Å². The number of benzene rings is 1. The summed E-state index contributed by atoms with van der Waals surface area (Å²) in [7, 11) is 1.71. The highest BCUT2D eigenvalue weighted by Gasteiger charge is 2.13. The zero-order valence-corrected chi connectivity index (χ0v) is 11.6. The van der Waals surface area contributed by atoms with Crippen LogP contribution in [0.2, 0.25) is 0 Å². The van der Waals surface area contributed by atoms with Crippen molar-refractivity contribution >= 4 is 11.7 Å². The summed E-state index contributed by atoms with van der Waals surface area (Å²) in [6, 6.07) is 10.4. The fourth-order valence-corrected chi connectivity index (χ4v) is 1.93. The third-order valence-electron chi connectivity index (χ3n) is 3.00. The SMILES string of the molecule is CN(Cc1cccnc1)C(=O)c1cccc(/C(N)=N/O)c1. The van der Waals surface area contributed by atoms with Gasteiger partial charge in [0, 0.05) is 37.1 Å². The van der Waals surface area contributed by atoms with Gasteiger partial charge >= 0.3 is 0 Å². The number of carbonyl (C=O) groups excluding carboxylic acids is 1. The number of pyridine rings is 1. The molecule has 21 heavy (non-hydrogen) atoms.